The molecule has 18 heavy (non-hydrogen) atoms. The predicted octanol–water partition coefficient (Wildman–Crippen LogP) is 2.37. The zero-order valence-electron chi connectivity index (χ0n) is 10.5. The third-order valence-electron chi connectivity index (χ3n) is 2.69. The van der Waals surface area contributed by atoms with Crippen molar-refractivity contribution >= 4 is 17.3 Å². The Kier molecular flexibility index (Phi) is 3.62. The second-order valence-electron chi connectivity index (χ2n) is 3.76. The molecule has 94 valence electrons. The summed E-state index contributed by atoms with van der Waals surface area (Å²) in [6.45, 7) is 2.02. The number of hydrogen-bond donors (Lipinski definition) is 2. The maximum Gasteiger partial charge on any atom is 0.142 e. The fourth-order valence-electron chi connectivity index (χ4n) is 1.76. The van der Waals surface area contributed by atoms with Crippen LogP contribution in [0.4, 0.5) is 17.3 Å². The summed E-state index contributed by atoms with van der Waals surface area (Å²) in [4.78, 5) is 8.21. The number of methoxy groups -OCH3 is 1. The van der Waals surface area contributed by atoms with Gasteiger partial charge in [-0.1, -0.05) is 19.1 Å². The van der Waals surface area contributed by atoms with Gasteiger partial charge in [-0.2, -0.15) is 0 Å². The lowest BCUT2D eigenvalue weighted by atomic mass is 10.2. The number of benzene rings is 1. The summed E-state index contributed by atoms with van der Waals surface area (Å²) in [5.41, 5.74) is 7.59. The Morgan fingerprint density at radius 3 is 2.78 bits per heavy atom. The maximum absolute atomic E-state index is 5.83. The number of anilines is 3. The largest absolute Gasteiger partial charge is 0.495 e. The molecule has 0 spiro atoms. The van der Waals surface area contributed by atoms with Crippen molar-refractivity contribution in [3.8, 4) is 5.75 Å². The van der Waals surface area contributed by atoms with Gasteiger partial charge in [-0.3, -0.25) is 0 Å². The fraction of sp³-hybridized carbons (Fsp3) is 0.231. The zero-order valence-corrected chi connectivity index (χ0v) is 10.5. The number of nitrogens with zero attached hydrogens (tertiary/aromatic N) is 2. The average Bonchev–Trinajstić information content (AvgIpc) is 2.40. The summed E-state index contributed by atoms with van der Waals surface area (Å²) in [5.74, 6) is 1.98. The predicted molar refractivity (Wildman–Crippen MR) is 72.1 cm³/mol. The first-order valence-corrected chi connectivity index (χ1v) is 5.75. The van der Waals surface area contributed by atoms with Gasteiger partial charge in [0.25, 0.3) is 0 Å². The van der Waals surface area contributed by atoms with Gasteiger partial charge in [-0.15, -0.1) is 0 Å². The molecule has 1 aromatic carbocycles. The zero-order chi connectivity index (χ0) is 13.0. The molecule has 0 atom stereocenters. The molecule has 1 aromatic heterocycles. The number of para-hydroxylation sites is 2. The molecule has 5 nitrogen and oxygen atoms in total. The van der Waals surface area contributed by atoms with E-state index in [9.17, 15) is 0 Å². The molecule has 0 amide bonds. The van der Waals surface area contributed by atoms with E-state index in [0.717, 1.165) is 29.2 Å². The summed E-state index contributed by atoms with van der Waals surface area (Å²) in [6.07, 6.45) is 2.22. The number of hydrogen-bond acceptors (Lipinski definition) is 5. The van der Waals surface area contributed by atoms with E-state index in [1.54, 1.807) is 7.11 Å². The van der Waals surface area contributed by atoms with E-state index in [-0.39, 0.29) is 0 Å². The molecule has 0 aliphatic heterocycles. The van der Waals surface area contributed by atoms with Crippen LogP contribution >= 0.6 is 0 Å². The van der Waals surface area contributed by atoms with Gasteiger partial charge in [0.2, 0.25) is 0 Å². The van der Waals surface area contributed by atoms with Crippen LogP contribution in [0.15, 0.2) is 30.6 Å². The van der Waals surface area contributed by atoms with Crippen molar-refractivity contribution < 1.29 is 4.74 Å². The molecule has 0 aliphatic rings. The van der Waals surface area contributed by atoms with Gasteiger partial charge >= 0.3 is 0 Å². The first kappa shape index (κ1) is 12.2. The first-order chi connectivity index (χ1) is 8.76. The van der Waals surface area contributed by atoms with Crippen LogP contribution in [0.25, 0.3) is 0 Å². The van der Waals surface area contributed by atoms with Crippen LogP contribution in [-0.2, 0) is 6.42 Å². The quantitative estimate of drug-likeness (QED) is 0.863. The molecule has 1 heterocycles. The highest BCUT2D eigenvalue weighted by atomic mass is 16.5. The monoisotopic (exact) mass is 244 g/mol. The molecule has 0 bridgehead atoms. The molecule has 2 rings (SSSR count). The molecule has 0 aliphatic carbocycles. The van der Waals surface area contributed by atoms with Crippen LogP contribution in [0, 0.1) is 0 Å². The maximum atomic E-state index is 5.83. The molecular formula is C13H16N4O. The van der Waals surface area contributed by atoms with Crippen molar-refractivity contribution in [2.45, 2.75) is 13.3 Å². The minimum atomic E-state index is 0.505. The van der Waals surface area contributed by atoms with Gasteiger partial charge in [0.05, 0.1) is 12.8 Å². The highest BCUT2D eigenvalue weighted by Crippen LogP contribution is 2.28. The molecule has 0 unspecified atom stereocenters. The first-order valence-electron chi connectivity index (χ1n) is 5.75. The summed E-state index contributed by atoms with van der Waals surface area (Å²) in [7, 11) is 1.63. The van der Waals surface area contributed by atoms with Crippen LogP contribution in [0.2, 0.25) is 0 Å². The van der Waals surface area contributed by atoms with Gasteiger partial charge in [-0.05, 0) is 18.6 Å². The smallest absolute Gasteiger partial charge is 0.142 e. The second-order valence-corrected chi connectivity index (χ2v) is 3.76. The van der Waals surface area contributed by atoms with Crippen molar-refractivity contribution in [2.75, 3.05) is 18.2 Å². The molecule has 2 aromatic rings. The van der Waals surface area contributed by atoms with E-state index in [1.807, 2.05) is 31.2 Å². The molecule has 5 heteroatoms. The van der Waals surface area contributed by atoms with Gasteiger partial charge in [0.15, 0.2) is 0 Å². The van der Waals surface area contributed by atoms with Gasteiger partial charge < -0.3 is 15.8 Å². The Labute approximate surface area is 106 Å². The lowest BCUT2D eigenvalue weighted by Gasteiger charge is -2.13. The SMILES string of the molecule is CCc1c(N)ncnc1Nc1ccccc1OC. The van der Waals surface area contributed by atoms with Crippen molar-refractivity contribution in [3.05, 3.63) is 36.2 Å². The van der Waals surface area contributed by atoms with E-state index in [4.69, 9.17) is 10.5 Å². The van der Waals surface area contributed by atoms with E-state index < -0.39 is 0 Å². The van der Waals surface area contributed by atoms with Crippen LogP contribution in [-0.4, -0.2) is 17.1 Å². The Hall–Kier alpha value is -2.30. The standard InChI is InChI=1S/C13H16N4O/c1-3-9-12(14)15-8-16-13(9)17-10-6-4-5-7-11(10)18-2/h4-8H,3H2,1-2H3,(H3,14,15,16,17). The van der Waals surface area contributed by atoms with E-state index in [1.165, 1.54) is 6.33 Å². The van der Waals surface area contributed by atoms with Crippen LogP contribution in [0.1, 0.15) is 12.5 Å². The van der Waals surface area contributed by atoms with E-state index in [0.29, 0.717) is 5.82 Å². The number of rotatable bonds is 4. The normalized spacial score (nSPS) is 10.1. The lowest BCUT2D eigenvalue weighted by molar-refractivity contribution is 0.417. The Bertz CT molecular complexity index is 542. The third kappa shape index (κ3) is 2.34. The minimum Gasteiger partial charge on any atom is -0.495 e. The van der Waals surface area contributed by atoms with Crippen LogP contribution < -0.4 is 15.8 Å². The Morgan fingerprint density at radius 1 is 1.28 bits per heavy atom. The fourth-order valence-corrected chi connectivity index (χ4v) is 1.76. The Morgan fingerprint density at radius 2 is 2.06 bits per heavy atom. The number of nitrogens with two attached hydrogens (primary N) is 1. The highest BCUT2D eigenvalue weighted by molar-refractivity contribution is 5.68. The number of aromatic nitrogens is 2. The molecule has 0 saturated carbocycles. The van der Waals surface area contributed by atoms with Crippen molar-refractivity contribution in [3.63, 3.8) is 0 Å². The summed E-state index contributed by atoms with van der Waals surface area (Å²) >= 11 is 0. The van der Waals surface area contributed by atoms with Crippen LogP contribution in [0.3, 0.4) is 0 Å². The summed E-state index contributed by atoms with van der Waals surface area (Å²) in [5, 5.41) is 3.23. The molecule has 0 saturated heterocycles. The number of nitrogens with one attached hydrogen (secondary N) is 1. The number of ether oxygens (including phenoxy) is 1. The third-order valence-corrected chi connectivity index (χ3v) is 2.69. The van der Waals surface area contributed by atoms with Crippen molar-refractivity contribution in [1.29, 1.82) is 0 Å². The second kappa shape index (κ2) is 5.35. The lowest BCUT2D eigenvalue weighted by Crippen LogP contribution is -2.05. The molecule has 3 N–H and O–H groups in total. The van der Waals surface area contributed by atoms with Gasteiger partial charge in [0, 0.05) is 5.56 Å². The molecular weight excluding hydrogens is 228 g/mol. The Balaban J connectivity index is 2.37. The van der Waals surface area contributed by atoms with E-state index >= 15 is 0 Å². The van der Waals surface area contributed by atoms with Crippen LogP contribution in [0.5, 0.6) is 5.75 Å². The molecule has 0 fully saturated rings. The molecule has 0 radical (unpaired) electrons. The number of nitrogen functional groups attached to an aromatic ring is 1. The van der Waals surface area contributed by atoms with Gasteiger partial charge in [-0.25, -0.2) is 9.97 Å². The van der Waals surface area contributed by atoms with E-state index in [2.05, 4.69) is 15.3 Å². The van der Waals surface area contributed by atoms with Crippen molar-refractivity contribution in [1.82, 2.24) is 9.97 Å². The topological polar surface area (TPSA) is 73.1 Å². The highest BCUT2D eigenvalue weighted by Gasteiger charge is 2.09. The van der Waals surface area contributed by atoms with Crippen molar-refractivity contribution in [2.24, 2.45) is 0 Å². The summed E-state index contributed by atoms with van der Waals surface area (Å²) < 4.78 is 5.28. The minimum absolute atomic E-state index is 0.505. The summed E-state index contributed by atoms with van der Waals surface area (Å²) in [6, 6.07) is 7.66. The average molecular weight is 244 g/mol. The van der Waals surface area contributed by atoms with Gasteiger partial charge in [0.1, 0.15) is 23.7 Å².